The maximum atomic E-state index is 6.28. The van der Waals surface area contributed by atoms with E-state index in [0.717, 1.165) is 55.2 Å². The molecule has 2 N–H and O–H groups in total. The average Bonchev–Trinajstić information content (AvgIpc) is 2.92. The van der Waals surface area contributed by atoms with Crippen molar-refractivity contribution >= 4 is 11.6 Å². The second kappa shape index (κ2) is 6.04. The number of nitrogens with zero attached hydrogens (tertiary/aromatic N) is 2. The molecule has 2 rings (SSSR count). The van der Waals surface area contributed by atoms with Gasteiger partial charge in [0.2, 0.25) is 0 Å². The molecule has 0 spiro atoms. The van der Waals surface area contributed by atoms with Crippen LogP contribution in [-0.2, 0) is 17.7 Å². The summed E-state index contributed by atoms with van der Waals surface area (Å²) in [5.74, 6) is 0. The Balaban J connectivity index is 1.99. The number of hydrogen-bond acceptors (Lipinski definition) is 3. The Morgan fingerprint density at radius 3 is 3.00 bits per heavy atom. The van der Waals surface area contributed by atoms with Gasteiger partial charge >= 0.3 is 0 Å². The van der Waals surface area contributed by atoms with Gasteiger partial charge in [0.05, 0.1) is 22.5 Å². The van der Waals surface area contributed by atoms with Gasteiger partial charge in [0.15, 0.2) is 0 Å². The molecule has 0 aliphatic carbocycles. The highest BCUT2D eigenvalue weighted by atomic mass is 35.5. The van der Waals surface area contributed by atoms with Crippen LogP contribution in [0.4, 0.5) is 0 Å². The molecule has 4 nitrogen and oxygen atoms in total. The van der Waals surface area contributed by atoms with E-state index in [1.165, 1.54) is 0 Å². The maximum Gasteiger partial charge on any atom is 0.0847 e. The first kappa shape index (κ1) is 13.8. The Hall–Kier alpha value is -0.580. The summed E-state index contributed by atoms with van der Waals surface area (Å²) in [7, 11) is 0. The lowest BCUT2D eigenvalue weighted by Gasteiger charge is -2.16. The molecule has 18 heavy (non-hydrogen) atoms. The Labute approximate surface area is 113 Å². The molecule has 1 fully saturated rings. The molecule has 1 aliphatic rings. The van der Waals surface area contributed by atoms with E-state index in [9.17, 15) is 0 Å². The molecule has 1 saturated heterocycles. The van der Waals surface area contributed by atoms with Crippen molar-refractivity contribution in [1.29, 1.82) is 0 Å². The standard InChI is InChI=1S/C13H22ClN3O/c1-3-17-12(13(14)9(2)16-17)8-10(15)7-11-5-4-6-18-11/h10-11H,3-8,15H2,1-2H3. The van der Waals surface area contributed by atoms with Crippen molar-refractivity contribution in [2.45, 2.75) is 58.2 Å². The van der Waals surface area contributed by atoms with Crippen LogP contribution >= 0.6 is 11.6 Å². The van der Waals surface area contributed by atoms with E-state index in [4.69, 9.17) is 22.1 Å². The Kier molecular flexibility index (Phi) is 4.65. The zero-order valence-electron chi connectivity index (χ0n) is 11.2. The van der Waals surface area contributed by atoms with Crippen LogP contribution in [0.15, 0.2) is 0 Å². The van der Waals surface area contributed by atoms with Crippen molar-refractivity contribution in [3.8, 4) is 0 Å². The molecule has 2 atom stereocenters. The highest BCUT2D eigenvalue weighted by molar-refractivity contribution is 6.31. The molecule has 5 heteroatoms. The fourth-order valence-corrected chi connectivity index (χ4v) is 2.78. The van der Waals surface area contributed by atoms with Crippen LogP contribution in [0, 0.1) is 6.92 Å². The first-order valence-electron chi connectivity index (χ1n) is 6.70. The predicted octanol–water partition coefficient (Wildman–Crippen LogP) is 2.30. The second-order valence-corrected chi connectivity index (χ2v) is 5.37. The molecule has 0 saturated carbocycles. The summed E-state index contributed by atoms with van der Waals surface area (Å²) in [6, 6.07) is 0.0898. The largest absolute Gasteiger partial charge is 0.378 e. The van der Waals surface area contributed by atoms with E-state index in [1.54, 1.807) is 0 Å². The summed E-state index contributed by atoms with van der Waals surface area (Å²) in [6.07, 6.45) is 4.30. The summed E-state index contributed by atoms with van der Waals surface area (Å²) in [6.45, 7) is 5.71. The van der Waals surface area contributed by atoms with Gasteiger partial charge < -0.3 is 10.5 Å². The van der Waals surface area contributed by atoms with Crippen molar-refractivity contribution in [3.05, 3.63) is 16.4 Å². The molecule has 1 aromatic heterocycles. The van der Waals surface area contributed by atoms with Crippen LogP contribution in [0.5, 0.6) is 0 Å². The molecule has 2 unspecified atom stereocenters. The minimum absolute atomic E-state index is 0.0898. The van der Waals surface area contributed by atoms with Gasteiger partial charge in [-0.25, -0.2) is 0 Å². The number of ether oxygens (including phenoxy) is 1. The fraction of sp³-hybridized carbons (Fsp3) is 0.769. The molecule has 1 aromatic rings. The van der Waals surface area contributed by atoms with Crippen molar-refractivity contribution in [2.75, 3.05) is 6.61 Å². The van der Waals surface area contributed by atoms with Crippen LogP contribution in [0.3, 0.4) is 0 Å². The van der Waals surface area contributed by atoms with Crippen molar-refractivity contribution in [2.24, 2.45) is 5.73 Å². The lowest BCUT2D eigenvalue weighted by atomic mass is 10.0. The van der Waals surface area contributed by atoms with Gasteiger partial charge in [-0.1, -0.05) is 11.6 Å². The Bertz CT molecular complexity index is 399. The first-order chi connectivity index (χ1) is 8.61. The molecular weight excluding hydrogens is 250 g/mol. The first-order valence-corrected chi connectivity index (χ1v) is 7.08. The highest BCUT2D eigenvalue weighted by Crippen LogP contribution is 2.23. The quantitative estimate of drug-likeness (QED) is 0.894. The third-order valence-electron chi connectivity index (χ3n) is 3.50. The third-order valence-corrected chi connectivity index (χ3v) is 3.99. The van der Waals surface area contributed by atoms with E-state index in [2.05, 4.69) is 12.0 Å². The number of rotatable bonds is 5. The number of nitrogens with two attached hydrogens (primary N) is 1. The predicted molar refractivity (Wildman–Crippen MR) is 72.9 cm³/mol. The SMILES string of the molecule is CCn1nc(C)c(Cl)c1CC(N)CC1CCCO1. The fourth-order valence-electron chi connectivity index (χ4n) is 2.56. The summed E-state index contributed by atoms with van der Waals surface area (Å²) in [5.41, 5.74) is 8.15. The molecular formula is C13H22ClN3O. The average molecular weight is 272 g/mol. The van der Waals surface area contributed by atoms with E-state index in [1.807, 2.05) is 11.6 Å². The van der Waals surface area contributed by atoms with Crippen molar-refractivity contribution in [1.82, 2.24) is 9.78 Å². The Morgan fingerprint density at radius 2 is 2.39 bits per heavy atom. The Morgan fingerprint density at radius 1 is 1.61 bits per heavy atom. The van der Waals surface area contributed by atoms with Crippen LogP contribution in [0.25, 0.3) is 0 Å². The summed E-state index contributed by atoms with van der Waals surface area (Å²) in [5, 5.41) is 5.18. The summed E-state index contributed by atoms with van der Waals surface area (Å²) >= 11 is 6.28. The zero-order chi connectivity index (χ0) is 13.1. The van der Waals surface area contributed by atoms with E-state index in [0.29, 0.717) is 6.10 Å². The highest BCUT2D eigenvalue weighted by Gasteiger charge is 2.21. The van der Waals surface area contributed by atoms with Gasteiger partial charge in [-0.2, -0.15) is 5.10 Å². The molecule has 0 aromatic carbocycles. The van der Waals surface area contributed by atoms with Crippen molar-refractivity contribution in [3.63, 3.8) is 0 Å². The third kappa shape index (κ3) is 3.05. The lowest BCUT2D eigenvalue weighted by Crippen LogP contribution is -2.29. The van der Waals surface area contributed by atoms with Crippen LogP contribution in [-0.4, -0.2) is 28.5 Å². The van der Waals surface area contributed by atoms with Crippen molar-refractivity contribution < 1.29 is 4.74 Å². The molecule has 2 heterocycles. The second-order valence-electron chi connectivity index (χ2n) is 5.00. The van der Waals surface area contributed by atoms with Gasteiger partial charge in [0.25, 0.3) is 0 Å². The number of halogens is 1. The van der Waals surface area contributed by atoms with Crippen LogP contribution in [0.2, 0.25) is 5.02 Å². The molecule has 0 amide bonds. The maximum absolute atomic E-state index is 6.28. The van der Waals surface area contributed by atoms with Gasteiger partial charge in [-0.15, -0.1) is 0 Å². The minimum Gasteiger partial charge on any atom is -0.378 e. The molecule has 0 radical (unpaired) electrons. The van der Waals surface area contributed by atoms with Crippen LogP contribution < -0.4 is 5.73 Å². The van der Waals surface area contributed by atoms with Crippen LogP contribution in [0.1, 0.15) is 37.6 Å². The normalized spacial score (nSPS) is 21.4. The van der Waals surface area contributed by atoms with Gasteiger partial charge in [0.1, 0.15) is 0 Å². The number of aromatic nitrogens is 2. The lowest BCUT2D eigenvalue weighted by molar-refractivity contribution is 0.0981. The van der Waals surface area contributed by atoms with Gasteiger partial charge in [-0.05, 0) is 33.1 Å². The molecule has 0 bridgehead atoms. The number of aryl methyl sites for hydroxylation is 2. The summed E-state index contributed by atoms with van der Waals surface area (Å²) in [4.78, 5) is 0. The van der Waals surface area contributed by atoms with E-state index in [-0.39, 0.29) is 6.04 Å². The van der Waals surface area contributed by atoms with E-state index >= 15 is 0 Å². The minimum atomic E-state index is 0.0898. The van der Waals surface area contributed by atoms with E-state index < -0.39 is 0 Å². The topological polar surface area (TPSA) is 53.1 Å². The summed E-state index contributed by atoms with van der Waals surface area (Å²) < 4.78 is 7.57. The molecule has 102 valence electrons. The van der Waals surface area contributed by atoms with Gasteiger partial charge in [0, 0.05) is 25.6 Å². The molecule has 1 aliphatic heterocycles. The number of hydrogen-bond donors (Lipinski definition) is 1. The zero-order valence-corrected chi connectivity index (χ0v) is 11.9. The smallest absolute Gasteiger partial charge is 0.0847 e. The van der Waals surface area contributed by atoms with Gasteiger partial charge in [-0.3, -0.25) is 4.68 Å². The monoisotopic (exact) mass is 271 g/mol.